The Morgan fingerprint density at radius 1 is 0.463 bits per heavy atom. The van der Waals surface area contributed by atoms with Crippen LogP contribution in [0.3, 0.4) is 0 Å². The first-order valence-electron chi connectivity index (χ1n) is 29.1. The highest BCUT2D eigenvalue weighted by Crippen LogP contribution is 2.38. The molecule has 2 atom stereocenters. The van der Waals surface area contributed by atoms with Gasteiger partial charge in [-0.3, -0.25) is 9.36 Å². The van der Waals surface area contributed by atoms with E-state index in [1.54, 1.807) is 0 Å². The molecular formula is C58H114NO7P. The Hall–Kier alpha value is -1.02. The van der Waals surface area contributed by atoms with E-state index < -0.39 is 13.9 Å². The number of phosphoric ester groups is 1. The Kier molecular flexibility index (Phi) is 50.6. The number of phosphoric acid groups is 1. The molecule has 67 heavy (non-hydrogen) atoms. The lowest BCUT2D eigenvalue weighted by atomic mass is 10.0. The van der Waals surface area contributed by atoms with Crippen LogP contribution >= 0.6 is 7.82 Å². The number of allylic oxidation sites excluding steroid dienone is 4. The molecule has 0 aromatic rings. The normalized spacial score (nSPS) is 13.6. The topological polar surface area (TPSA) is 94.1 Å². The zero-order chi connectivity index (χ0) is 49.0. The molecule has 0 heterocycles. The highest BCUT2D eigenvalue weighted by atomic mass is 31.2. The predicted molar refractivity (Wildman–Crippen MR) is 287 cm³/mol. The molecule has 0 rings (SSSR count). The van der Waals surface area contributed by atoms with Crippen LogP contribution in [0.1, 0.15) is 284 Å². The van der Waals surface area contributed by atoms with Crippen LogP contribution in [-0.2, 0) is 27.9 Å². The number of quaternary nitrogens is 1. The van der Waals surface area contributed by atoms with Gasteiger partial charge < -0.3 is 27.9 Å². The second kappa shape index (κ2) is 51.3. The monoisotopic (exact) mass is 968 g/mol. The van der Waals surface area contributed by atoms with Crippen LogP contribution < -0.4 is 4.89 Å². The standard InChI is InChI=1S/C58H114NO7P/c1-6-8-10-12-14-16-18-20-22-24-26-28-29-30-32-34-36-38-40-42-44-46-48-50-53-63-55-57(56-65-67(61,62)64-54-52-59(3,4)5)66-58(60)51-49-47-45-43-41-39-37-35-33-31-27-25-23-21-19-17-15-13-11-9-7-2/h18,20,24,26,57H,6-17,19,21-23,25,27-56H2,1-5H3/b20-18-,26-24-. The molecule has 0 bridgehead atoms. The van der Waals surface area contributed by atoms with Gasteiger partial charge in [0.1, 0.15) is 19.3 Å². The number of ether oxygens (including phenoxy) is 2. The van der Waals surface area contributed by atoms with Crippen LogP contribution in [0.15, 0.2) is 24.3 Å². The van der Waals surface area contributed by atoms with Gasteiger partial charge in [-0.1, -0.05) is 256 Å². The Labute approximate surface area is 417 Å². The van der Waals surface area contributed by atoms with Crippen molar-refractivity contribution in [2.45, 2.75) is 290 Å². The number of likely N-dealkylation sites (N-methyl/N-ethyl adjacent to an activating group) is 1. The van der Waals surface area contributed by atoms with Crippen LogP contribution in [-0.4, -0.2) is 70.7 Å². The lowest BCUT2D eigenvalue weighted by Crippen LogP contribution is -2.37. The van der Waals surface area contributed by atoms with E-state index in [2.05, 4.69) is 38.2 Å². The molecule has 0 aliphatic rings. The third kappa shape index (κ3) is 55.8. The molecule has 8 nitrogen and oxygen atoms in total. The van der Waals surface area contributed by atoms with E-state index in [0.717, 1.165) is 38.5 Å². The molecule has 0 aliphatic carbocycles. The molecule has 0 saturated carbocycles. The van der Waals surface area contributed by atoms with Gasteiger partial charge in [0.05, 0.1) is 34.4 Å². The van der Waals surface area contributed by atoms with Gasteiger partial charge in [-0.25, -0.2) is 0 Å². The molecule has 0 aliphatic heterocycles. The number of unbranched alkanes of at least 4 members (excludes halogenated alkanes) is 37. The Bertz CT molecular complexity index is 1120. The summed E-state index contributed by atoms with van der Waals surface area (Å²) in [6.07, 6.45) is 62.2. The highest BCUT2D eigenvalue weighted by Gasteiger charge is 2.20. The van der Waals surface area contributed by atoms with Gasteiger partial charge >= 0.3 is 5.97 Å². The average molecular weight is 969 g/mol. The Balaban J connectivity index is 4.04. The average Bonchev–Trinajstić information content (AvgIpc) is 3.29. The first-order chi connectivity index (χ1) is 32.6. The number of carbonyl (C=O) groups excluding carboxylic acids is 1. The molecule has 0 saturated heterocycles. The van der Waals surface area contributed by atoms with Crippen molar-refractivity contribution in [2.24, 2.45) is 0 Å². The smallest absolute Gasteiger partial charge is 0.306 e. The first-order valence-corrected chi connectivity index (χ1v) is 30.5. The van der Waals surface area contributed by atoms with Crippen molar-refractivity contribution >= 4 is 13.8 Å². The number of carbonyl (C=O) groups is 1. The molecule has 0 aromatic carbocycles. The largest absolute Gasteiger partial charge is 0.756 e. The van der Waals surface area contributed by atoms with E-state index in [1.165, 1.54) is 225 Å². The summed E-state index contributed by atoms with van der Waals surface area (Å²) in [6, 6.07) is 0. The SMILES string of the molecule is CCCCCCC/C=C\C/C=C\CCCCCCCCCCCCCCOCC(COP(=O)([O-])OCC[N+](C)(C)C)OC(=O)CCCCCCCCCCCCCCCCCCCCCCC. The molecule has 0 aromatic heterocycles. The van der Waals surface area contributed by atoms with E-state index >= 15 is 0 Å². The molecular weight excluding hydrogens is 854 g/mol. The van der Waals surface area contributed by atoms with E-state index in [-0.39, 0.29) is 25.8 Å². The number of esters is 1. The minimum absolute atomic E-state index is 0.0288. The quantitative estimate of drug-likeness (QED) is 0.0197. The minimum Gasteiger partial charge on any atom is -0.756 e. The maximum atomic E-state index is 12.8. The summed E-state index contributed by atoms with van der Waals surface area (Å²) in [7, 11) is 1.37. The van der Waals surface area contributed by atoms with Gasteiger partial charge in [-0.15, -0.1) is 0 Å². The fourth-order valence-electron chi connectivity index (χ4n) is 8.52. The van der Waals surface area contributed by atoms with Crippen molar-refractivity contribution in [1.29, 1.82) is 0 Å². The first kappa shape index (κ1) is 66.0. The van der Waals surface area contributed by atoms with Gasteiger partial charge in [0.2, 0.25) is 0 Å². The van der Waals surface area contributed by atoms with Gasteiger partial charge in [0.15, 0.2) is 0 Å². The molecule has 398 valence electrons. The van der Waals surface area contributed by atoms with Crippen LogP contribution in [0.4, 0.5) is 0 Å². The maximum absolute atomic E-state index is 12.8. The summed E-state index contributed by atoms with van der Waals surface area (Å²) in [6.45, 7) is 5.47. The third-order valence-corrected chi connectivity index (χ3v) is 14.0. The van der Waals surface area contributed by atoms with Crippen molar-refractivity contribution in [1.82, 2.24) is 0 Å². The third-order valence-electron chi connectivity index (χ3n) is 13.0. The lowest BCUT2D eigenvalue weighted by molar-refractivity contribution is -0.870. The Morgan fingerprint density at radius 3 is 1.21 bits per heavy atom. The van der Waals surface area contributed by atoms with Crippen molar-refractivity contribution < 1.29 is 37.3 Å². The van der Waals surface area contributed by atoms with Crippen molar-refractivity contribution in [3.8, 4) is 0 Å². The summed E-state index contributed by atoms with van der Waals surface area (Å²) < 4.78 is 34.9. The second-order valence-corrected chi connectivity index (χ2v) is 22.4. The predicted octanol–water partition coefficient (Wildman–Crippen LogP) is 17.7. The van der Waals surface area contributed by atoms with Gasteiger partial charge in [0, 0.05) is 13.0 Å². The summed E-state index contributed by atoms with van der Waals surface area (Å²) in [5.74, 6) is -0.327. The fraction of sp³-hybridized carbons (Fsp3) is 0.914. The summed E-state index contributed by atoms with van der Waals surface area (Å²) >= 11 is 0. The molecule has 0 N–H and O–H groups in total. The highest BCUT2D eigenvalue weighted by molar-refractivity contribution is 7.45. The van der Waals surface area contributed by atoms with Crippen LogP contribution in [0.5, 0.6) is 0 Å². The number of hydrogen-bond acceptors (Lipinski definition) is 7. The van der Waals surface area contributed by atoms with Crippen molar-refractivity contribution in [3.63, 3.8) is 0 Å². The van der Waals surface area contributed by atoms with Crippen molar-refractivity contribution in [3.05, 3.63) is 24.3 Å². The summed E-state index contributed by atoms with van der Waals surface area (Å²) in [5, 5.41) is 0. The molecule has 9 heteroatoms. The maximum Gasteiger partial charge on any atom is 0.306 e. The van der Waals surface area contributed by atoms with E-state index in [1.807, 2.05) is 21.1 Å². The number of rotatable bonds is 55. The van der Waals surface area contributed by atoms with E-state index in [4.69, 9.17) is 18.5 Å². The molecule has 0 spiro atoms. The summed E-state index contributed by atoms with van der Waals surface area (Å²) in [4.78, 5) is 25.3. The summed E-state index contributed by atoms with van der Waals surface area (Å²) in [5.41, 5.74) is 0. The zero-order valence-corrected chi connectivity index (χ0v) is 46.3. The Morgan fingerprint density at radius 2 is 0.821 bits per heavy atom. The molecule has 0 amide bonds. The molecule has 0 fully saturated rings. The van der Waals surface area contributed by atoms with Gasteiger partial charge in [-0.2, -0.15) is 0 Å². The number of hydrogen-bond donors (Lipinski definition) is 0. The van der Waals surface area contributed by atoms with Crippen LogP contribution in [0.25, 0.3) is 0 Å². The molecule has 2 unspecified atom stereocenters. The fourth-order valence-corrected chi connectivity index (χ4v) is 9.25. The van der Waals surface area contributed by atoms with E-state index in [0.29, 0.717) is 24.1 Å². The zero-order valence-electron chi connectivity index (χ0n) is 45.4. The van der Waals surface area contributed by atoms with Crippen molar-refractivity contribution in [2.75, 3.05) is 54.1 Å². The minimum atomic E-state index is -4.53. The number of nitrogens with zero attached hydrogens (tertiary/aromatic N) is 1. The van der Waals surface area contributed by atoms with Gasteiger partial charge in [-0.05, 0) is 44.9 Å². The van der Waals surface area contributed by atoms with Crippen LogP contribution in [0.2, 0.25) is 0 Å². The second-order valence-electron chi connectivity index (χ2n) is 21.0. The molecule has 0 radical (unpaired) electrons. The van der Waals surface area contributed by atoms with E-state index in [9.17, 15) is 14.3 Å². The lowest BCUT2D eigenvalue weighted by Gasteiger charge is -2.28. The van der Waals surface area contributed by atoms with Gasteiger partial charge in [0.25, 0.3) is 7.82 Å². The van der Waals surface area contributed by atoms with Crippen LogP contribution in [0, 0.1) is 0 Å².